The highest BCUT2D eigenvalue weighted by Gasteiger charge is 2.46. The summed E-state index contributed by atoms with van der Waals surface area (Å²) in [5.74, 6) is -6.22. The third kappa shape index (κ3) is 4.95. The Kier molecular flexibility index (Phi) is 7.77. The Bertz CT molecular complexity index is 1130. The zero-order valence-corrected chi connectivity index (χ0v) is 17.3. The van der Waals surface area contributed by atoms with Gasteiger partial charge in [0.05, 0.1) is 59.6 Å². The number of esters is 2. The Hall–Kier alpha value is -3.93. The van der Waals surface area contributed by atoms with Gasteiger partial charge in [-0.2, -0.15) is 23.7 Å². The van der Waals surface area contributed by atoms with Crippen molar-refractivity contribution in [2.45, 2.75) is 25.4 Å². The van der Waals surface area contributed by atoms with Crippen LogP contribution in [0.5, 0.6) is 0 Å². The van der Waals surface area contributed by atoms with Crippen LogP contribution < -0.4 is 5.32 Å². The molecular weight excluding hydrogens is 453 g/mol. The first-order valence-electron chi connectivity index (χ1n) is 9.22. The molecule has 2 rings (SSSR count). The molecule has 174 valence electrons. The monoisotopic (exact) mass is 469 g/mol. The van der Waals surface area contributed by atoms with Gasteiger partial charge in [0.2, 0.25) is 0 Å². The number of benzene rings is 1. The van der Waals surface area contributed by atoms with Crippen LogP contribution >= 0.6 is 0 Å². The lowest BCUT2D eigenvalue weighted by Gasteiger charge is -2.32. The van der Waals surface area contributed by atoms with Gasteiger partial charge in [0.15, 0.2) is 0 Å². The summed E-state index contributed by atoms with van der Waals surface area (Å²) < 4.78 is 80.2. The molecule has 1 aromatic carbocycles. The largest absolute Gasteiger partial charge is 0.466 e. The van der Waals surface area contributed by atoms with E-state index in [0.717, 1.165) is 7.11 Å². The first-order valence-corrected chi connectivity index (χ1v) is 9.22. The number of carbonyl (C=O) groups excluding carboxylic acids is 2. The first-order chi connectivity index (χ1) is 15.5. The fourth-order valence-electron chi connectivity index (χ4n) is 3.45. The summed E-state index contributed by atoms with van der Waals surface area (Å²) in [6.45, 7) is -0.647. The fraction of sp³-hybridized carbons (Fsp3) is 0.333. The average molecular weight is 469 g/mol. The second-order valence-corrected chi connectivity index (χ2v) is 6.65. The van der Waals surface area contributed by atoms with Crippen LogP contribution in [0.25, 0.3) is 0 Å². The van der Waals surface area contributed by atoms with Gasteiger partial charge in [-0.25, -0.2) is 18.4 Å². The number of nitrogens with zero attached hydrogens (tertiary/aromatic N) is 2. The summed E-state index contributed by atoms with van der Waals surface area (Å²) in [6.07, 6.45) is -5.54. The van der Waals surface area contributed by atoms with Crippen molar-refractivity contribution in [3.05, 3.63) is 57.2 Å². The van der Waals surface area contributed by atoms with Crippen molar-refractivity contribution in [1.82, 2.24) is 5.32 Å². The zero-order chi connectivity index (χ0) is 24.9. The molecule has 0 radical (unpaired) electrons. The van der Waals surface area contributed by atoms with Crippen LogP contribution in [0.2, 0.25) is 0 Å². The van der Waals surface area contributed by atoms with E-state index in [4.69, 9.17) is 10.00 Å². The second kappa shape index (κ2) is 10.1. The molecule has 0 saturated heterocycles. The van der Waals surface area contributed by atoms with Crippen molar-refractivity contribution in [2.24, 2.45) is 0 Å². The molecule has 1 aliphatic rings. The molecule has 0 fully saturated rings. The van der Waals surface area contributed by atoms with E-state index in [9.17, 15) is 32.4 Å². The van der Waals surface area contributed by atoms with E-state index >= 15 is 4.39 Å². The number of rotatable bonds is 6. The highest BCUT2D eigenvalue weighted by Crippen LogP contribution is 2.46. The number of hydrogen-bond acceptors (Lipinski definition) is 7. The third-order valence-corrected chi connectivity index (χ3v) is 4.74. The summed E-state index contributed by atoms with van der Waals surface area (Å²) >= 11 is 0. The topological polar surface area (TPSA) is 112 Å². The smallest absolute Gasteiger partial charge is 0.418 e. The highest BCUT2D eigenvalue weighted by molar-refractivity contribution is 6.00. The van der Waals surface area contributed by atoms with Gasteiger partial charge in [0.25, 0.3) is 0 Å². The number of allylic oxidation sites excluding steroid dienone is 2. The lowest BCUT2D eigenvalue weighted by molar-refractivity contribution is -0.141. The molecule has 33 heavy (non-hydrogen) atoms. The molecule has 12 heteroatoms. The lowest BCUT2D eigenvalue weighted by atomic mass is 9.77. The van der Waals surface area contributed by atoms with Crippen LogP contribution in [-0.2, 0) is 25.2 Å². The highest BCUT2D eigenvalue weighted by atomic mass is 19.4. The van der Waals surface area contributed by atoms with Crippen LogP contribution in [0.15, 0.2) is 34.7 Å². The number of ether oxygens (including phenoxy) is 2. The number of nitriles is 2. The minimum atomic E-state index is -5.28. The minimum Gasteiger partial charge on any atom is -0.466 e. The van der Waals surface area contributed by atoms with Gasteiger partial charge in [0, 0.05) is 11.3 Å². The fourth-order valence-corrected chi connectivity index (χ4v) is 3.45. The van der Waals surface area contributed by atoms with E-state index in [-0.39, 0.29) is 12.1 Å². The van der Waals surface area contributed by atoms with Gasteiger partial charge < -0.3 is 14.8 Å². The molecule has 1 unspecified atom stereocenters. The molecule has 1 heterocycles. The standard InChI is InChI=1S/C21H16F5N3O4/c1-10-14(20(31)33-7-3-6-27)17(16(19(30)32-2)13(8-22)29-10)15-12(23)5-4-11(9-28)18(15)21(24,25)26/h4-5,17,29H,3,7-8H2,1-2H3. The van der Waals surface area contributed by atoms with E-state index in [1.807, 2.05) is 0 Å². The van der Waals surface area contributed by atoms with Crippen LogP contribution in [0.1, 0.15) is 36.0 Å². The van der Waals surface area contributed by atoms with Crippen LogP contribution in [0.3, 0.4) is 0 Å². The normalized spacial score (nSPS) is 16.0. The summed E-state index contributed by atoms with van der Waals surface area (Å²) in [4.78, 5) is 25.3. The number of alkyl halides is 4. The number of halogens is 5. The molecule has 0 aromatic heterocycles. The molecular formula is C21H16F5N3O4. The van der Waals surface area contributed by atoms with Crippen molar-refractivity contribution in [1.29, 1.82) is 10.5 Å². The Morgan fingerprint density at radius 3 is 2.36 bits per heavy atom. The predicted octanol–water partition coefficient (Wildman–Crippen LogP) is 3.53. The van der Waals surface area contributed by atoms with Gasteiger partial charge in [-0.3, -0.25) is 0 Å². The molecule has 0 spiro atoms. The van der Waals surface area contributed by atoms with E-state index in [1.165, 1.54) is 13.0 Å². The van der Waals surface area contributed by atoms with Gasteiger partial charge in [0.1, 0.15) is 19.1 Å². The molecule has 1 N–H and O–H groups in total. The van der Waals surface area contributed by atoms with Crippen molar-refractivity contribution < 1.29 is 41.0 Å². The van der Waals surface area contributed by atoms with Crippen molar-refractivity contribution in [3.8, 4) is 12.1 Å². The van der Waals surface area contributed by atoms with E-state index in [2.05, 4.69) is 10.1 Å². The zero-order valence-electron chi connectivity index (χ0n) is 17.3. The molecule has 0 aliphatic carbocycles. The summed E-state index contributed by atoms with van der Waals surface area (Å²) in [7, 11) is 0.866. The Morgan fingerprint density at radius 2 is 1.85 bits per heavy atom. The second-order valence-electron chi connectivity index (χ2n) is 6.65. The third-order valence-electron chi connectivity index (χ3n) is 4.74. The summed E-state index contributed by atoms with van der Waals surface area (Å²) in [5, 5.41) is 20.2. The number of hydrogen-bond donors (Lipinski definition) is 1. The van der Waals surface area contributed by atoms with Crippen LogP contribution in [0.4, 0.5) is 22.0 Å². The lowest BCUT2D eigenvalue weighted by Crippen LogP contribution is -2.35. The maximum absolute atomic E-state index is 15.0. The molecule has 7 nitrogen and oxygen atoms in total. The van der Waals surface area contributed by atoms with Gasteiger partial charge >= 0.3 is 18.1 Å². The van der Waals surface area contributed by atoms with E-state index in [0.29, 0.717) is 12.1 Å². The van der Waals surface area contributed by atoms with Gasteiger partial charge in [-0.1, -0.05) is 0 Å². The number of dihydropyridines is 1. The van der Waals surface area contributed by atoms with E-state index < -0.39 is 76.7 Å². The van der Waals surface area contributed by atoms with Crippen molar-refractivity contribution in [3.63, 3.8) is 0 Å². The van der Waals surface area contributed by atoms with Crippen molar-refractivity contribution in [2.75, 3.05) is 20.4 Å². The minimum absolute atomic E-state index is 0.211. The van der Waals surface area contributed by atoms with Crippen molar-refractivity contribution >= 4 is 11.9 Å². The molecule has 1 atom stereocenters. The molecule has 0 saturated carbocycles. The molecule has 1 aromatic rings. The first kappa shape index (κ1) is 25.3. The van der Waals surface area contributed by atoms with Gasteiger partial charge in [-0.15, -0.1) is 0 Å². The summed E-state index contributed by atoms with van der Waals surface area (Å²) in [5.41, 5.74) is -6.13. The summed E-state index contributed by atoms with van der Waals surface area (Å²) in [6, 6.07) is 4.18. The predicted molar refractivity (Wildman–Crippen MR) is 101 cm³/mol. The van der Waals surface area contributed by atoms with Crippen LogP contribution in [0, 0.1) is 28.5 Å². The van der Waals surface area contributed by atoms with Crippen LogP contribution in [-0.4, -0.2) is 32.3 Å². The SMILES string of the molecule is COC(=O)C1=C(CF)NC(C)=C(C(=O)OCCC#N)C1c1c(F)ccc(C#N)c1C(F)(F)F. The van der Waals surface area contributed by atoms with Gasteiger partial charge in [-0.05, 0) is 19.1 Å². The quantitative estimate of drug-likeness (QED) is 0.385. The Morgan fingerprint density at radius 1 is 1.18 bits per heavy atom. The molecule has 0 bridgehead atoms. The Labute approximate surface area is 184 Å². The van der Waals surface area contributed by atoms with E-state index in [1.54, 1.807) is 6.07 Å². The number of carbonyl (C=O) groups is 2. The maximum atomic E-state index is 15.0. The molecule has 0 amide bonds. The number of nitrogens with one attached hydrogen (secondary N) is 1. The maximum Gasteiger partial charge on any atom is 0.418 e. The Balaban J connectivity index is 2.96. The molecule has 1 aliphatic heterocycles. The average Bonchev–Trinajstić information content (AvgIpc) is 2.76. The number of methoxy groups -OCH3 is 1.